The van der Waals surface area contributed by atoms with Crippen molar-refractivity contribution in [1.29, 1.82) is 0 Å². The Morgan fingerprint density at radius 1 is 1.61 bits per heavy atom. The van der Waals surface area contributed by atoms with E-state index in [1.807, 2.05) is 13.8 Å². The number of benzene rings is 1. The van der Waals surface area contributed by atoms with E-state index in [1.165, 1.54) is 12.1 Å². The van der Waals surface area contributed by atoms with E-state index >= 15 is 0 Å². The number of hydrogen-bond donors (Lipinski definition) is 3. The summed E-state index contributed by atoms with van der Waals surface area (Å²) in [6, 6.07) is 4.10. The van der Waals surface area contributed by atoms with Gasteiger partial charge >= 0.3 is 0 Å². The van der Waals surface area contributed by atoms with Crippen molar-refractivity contribution >= 4 is 5.84 Å². The normalized spacial score (nSPS) is 12.2. The second kappa shape index (κ2) is 5.52. The minimum Gasteiger partial charge on any atom is -0.409 e. The first-order valence-electron chi connectivity index (χ1n) is 5.39. The lowest BCUT2D eigenvalue weighted by Crippen LogP contribution is -2.37. The molecule has 0 fully saturated rings. The predicted molar refractivity (Wildman–Crippen MR) is 68.7 cm³/mol. The van der Waals surface area contributed by atoms with Crippen molar-refractivity contribution in [2.45, 2.75) is 25.9 Å². The molecule has 0 heterocycles. The Kier molecular flexibility index (Phi) is 4.29. The van der Waals surface area contributed by atoms with Gasteiger partial charge in [-0.25, -0.2) is 4.39 Å². The van der Waals surface area contributed by atoms with Gasteiger partial charge in [-0.2, -0.15) is 0 Å². The Morgan fingerprint density at radius 2 is 2.28 bits per heavy atom. The number of hydrogen-bond acceptors (Lipinski definition) is 3. The van der Waals surface area contributed by atoms with Gasteiger partial charge in [0, 0.05) is 12.1 Å². The molecule has 0 spiro atoms. The van der Waals surface area contributed by atoms with Crippen LogP contribution in [-0.2, 0) is 6.54 Å². The molecule has 4 N–H and O–H groups in total. The van der Waals surface area contributed by atoms with Crippen LogP contribution in [0.3, 0.4) is 0 Å². The molecule has 1 aromatic carbocycles. The average molecular weight is 249 g/mol. The Hall–Kier alpha value is -2.06. The minimum atomic E-state index is -0.489. The van der Waals surface area contributed by atoms with Crippen LogP contribution in [0, 0.1) is 18.2 Å². The van der Waals surface area contributed by atoms with E-state index in [1.54, 1.807) is 6.07 Å². The van der Waals surface area contributed by atoms with Crippen LogP contribution in [0.1, 0.15) is 25.0 Å². The van der Waals surface area contributed by atoms with Crippen LogP contribution in [0.5, 0.6) is 0 Å². The molecular formula is C13H16FN3O. The summed E-state index contributed by atoms with van der Waals surface area (Å²) in [6.07, 6.45) is 5.36. The van der Waals surface area contributed by atoms with Crippen LogP contribution in [0.15, 0.2) is 23.4 Å². The molecule has 0 saturated carbocycles. The zero-order chi connectivity index (χ0) is 13.8. The van der Waals surface area contributed by atoms with Crippen molar-refractivity contribution in [2.75, 3.05) is 0 Å². The first-order chi connectivity index (χ1) is 8.39. The molecule has 5 heteroatoms. The fraction of sp³-hybridized carbons (Fsp3) is 0.308. The van der Waals surface area contributed by atoms with Crippen molar-refractivity contribution in [3.8, 4) is 12.3 Å². The highest BCUT2D eigenvalue weighted by molar-refractivity contribution is 5.98. The number of nitrogens with one attached hydrogen (secondary N) is 1. The van der Waals surface area contributed by atoms with E-state index in [2.05, 4.69) is 16.4 Å². The van der Waals surface area contributed by atoms with Gasteiger partial charge in [-0.1, -0.05) is 17.1 Å². The van der Waals surface area contributed by atoms with Gasteiger partial charge in [0.05, 0.1) is 5.54 Å². The van der Waals surface area contributed by atoms with Crippen LogP contribution >= 0.6 is 0 Å². The smallest absolute Gasteiger partial charge is 0.170 e. The fourth-order valence-electron chi connectivity index (χ4n) is 1.36. The van der Waals surface area contributed by atoms with Gasteiger partial charge in [-0.3, -0.25) is 5.32 Å². The average Bonchev–Trinajstić information content (AvgIpc) is 2.36. The van der Waals surface area contributed by atoms with Gasteiger partial charge in [0.25, 0.3) is 0 Å². The molecule has 0 radical (unpaired) electrons. The highest BCUT2D eigenvalue weighted by Crippen LogP contribution is 2.12. The van der Waals surface area contributed by atoms with Gasteiger partial charge in [-0.05, 0) is 31.5 Å². The van der Waals surface area contributed by atoms with Crippen molar-refractivity contribution in [1.82, 2.24) is 5.32 Å². The zero-order valence-corrected chi connectivity index (χ0v) is 10.4. The number of halogens is 1. The first kappa shape index (κ1) is 14.0. The SMILES string of the molecule is C#CC(C)(C)NCc1ccc(F)cc1C(N)=NO. The molecule has 0 atom stereocenters. The number of nitrogens with zero attached hydrogens (tertiary/aromatic N) is 1. The summed E-state index contributed by atoms with van der Waals surface area (Å²) in [4.78, 5) is 0. The third kappa shape index (κ3) is 3.47. The number of amidine groups is 1. The molecule has 0 aliphatic carbocycles. The van der Waals surface area contributed by atoms with Gasteiger partial charge < -0.3 is 10.9 Å². The molecule has 96 valence electrons. The Morgan fingerprint density at radius 3 is 2.83 bits per heavy atom. The van der Waals surface area contributed by atoms with Gasteiger partial charge in [0.2, 0.25) is 0 Å². The molecule has 4 nitrogen and oxygen atoms in total. The van der Waals surface area contributed by atoms with Crippen LogP contribution < -0.4 is 11.1 Å². The summed E-state index contributed by atoms with van der Waals surface area (Å²) in [5.41, 5.74) is 6.06. The first-order valence-corrected chi connectivity index (χ1v) is 5.39. The number of rotatable bonds is 4. The van der Waals surface area contributed by atoms with E-state index in [4.69, 9.17) is 17.4 Å². The largest absolute Gasteiger partial charge is 0.409 e. The monoisotopic (exact) mass is 249 g/mol. The lowest BCUT2D eigenvalue weighted by atomic mass is 10.0. The van der Waals surface area contributed by atoms with Gasteiger partial charge in [-0.15, -0.1) is 6.42 Å². The molecule has 0 aromatic heterocycles. The molecule has 0 unspecified atom stereocenters. The fourth-order valence-corrected chi connectivity index (χ4v) is 1.36. The van der Waals surface area contributed by atoms with Crippen molar-refractivity contribution in [3.63, 3.8) is 0 Å². The maximum absolute atomic E-state index is 13.1. The summed E-state index contributed by atoms with van der Waals surface area (Å²) in [7, 11) is 0. The number of nitrogens with two attached hydrogens (primary N) is 1. The van der Waals surface area contributed by atoms with E-state index in [9.17, 15) is 4.39 Å². The van der Waals surface area contributed by atoms with E-state index in [0.29, 0.717) is 17.7 Å². The predicted octanol–water partition coefficient (Wildman–Crippen LogP) is 1.42. The van der Waals surface area contributed by atoms with Gasteiger partial charge in [0.1, 0.15) is 5.82 Å². The highest BCUT2D eigenvalue weighted by atomic mass is 19.1. The third-order valence-corrected chi connectivity index (χ3v) is 2.54. The maximum Gasteiger partial charge on any atom is 0.170 e. The van der Waals surface area contributed by atoms with Crippen molar-refractivity contribution in [2.24, 2.45) is 10.9 Å². The molecule has 0 aliphatic rings. The number of oxime groups is 1. The van der Waals surface area contributed by atoms with Crippen molar-refractivity contribution < 1.29 is 9.60 Å². The molecule has 0 saturated heterocycles. The molecule has 18 heavy (non-hydrogen) atoms. The zero-order valence-electron chi connectivity index (χ0n) is 10.4. The third-order valence-electron chi connectivity index (χ3n) is 2.54. The Balaban J connectivity index is 3.00. The van der Waals surface area contributed by atoms with Crippen LogP contribution in [0.4, 0.5) is 4.39 Å². The number of terminal acetylenes is 1. The molecule has 1 aromatic rings. The summed E-state index contributed by atoms with van der Waals surface area (Å²) in [5, 5.41) is 14.7. The lowest BCUT2D eigenvalue weighted by Gasteiger charge is -2.20. The second-order valence-electron chi connectivity index (χ2n) is 4.41. The summed E-state index contributed by atoms with van der Waals surface area (Å²) in [6.45, 7) is 4.09. The Labute approximate surface area is 106 Å². The summed E-state index contributed by atoms with van der Waals surface area (Å²) in [5.74, 6) is 2.01. The quantitative estimate of drug-likeness (QED) is 0.248. The topological polar surface area (TPSA) is 70.6 Å². The molecule has 0 amide bonds. The van der Waals surface area contributed by atoms with Gasteiger partial charge in [0.15, 0.2) is 5.84 Å². The van der Waals surface area contributed by atoms with E-state index in [0.717, 1.165) is 0 Å². The van der Waals surface area contributed by atoms with E-state index < -0.39 is 11.4 Å². The summed E-state index contributed by atoms with van der Waals surface area (Å²) >= 11 is 0. The standard InChI is InChI=1S/C13H16FN3O/c1-4-13(2,3)16-8-9-5-6-10(14)7-11(9)12(15)17-18/h1,5-7,16,18H,8H2,2-3H3,(H2,15,17). The highest BCUT2D eigenvalue weighted by Gasteiger charge is 2.15. The minimum absolute atomic E-state index is 0.134. The van der Waals surface area contributed by atoms with Crippen LogP contribution in [-0.4, -0.2) is 16.6 Å². The second-order valence-corrected chi connectivity index (χ2v) is 4.41. The molecule has 0 bridgehead atoms. The van der Waals surface area contributed by atoms with Crippen LogP contribution in [0.25, 0.3) is 0 Å². The molecule has 0 aliphatic heterocycles. The Bertz CT molecular complexity index is 503. The van der Waals surface area contributed by atoms with Crippen molar-refractivity contribution in [3.05, 3.63) is 35.1 Å². The van der Waals surface area contributed by atoms with E-state index in [-0.39, 0.29) is 5.84 Å². The van der Waals surface area contributed by atoms with Crippen LogP contribution in [0.2, 0.25) is 0 Å². The lowest BCUT2D eigenvalue weighted by molar-refractivity contribution is 0.318. The molecule has 1 rings (SSSR count). The molecular weight excluding hydrogens is 233 g/mol. The summed E-state index contributed by atoms with van der Waals surface area (Å²) < 4.78 is 13.1. The maximum atomic E-state index is 13.1.